The summed E-state index contributed by atoms with van der Waals surface area (Å²) in [6.07, 6.45) is 0. The largest absolute Gasteiger partial charge is 0.206 e. The molecule has 0 bridgehead atoms. The molecule has 3 aromatic rings. The van der Waals surface area contributed by atoms with Crippen molar-refractivity contribution in [2.75, 3.05) is 0 Å². The van der Waals surface area contributed by atoms with Crippen molar-refractivity contribution in [1.29, 1.82) is 0 Å². The van der Waals surface area contributed by atoms with E-state index in [-0.39, 0.29) is 5.56 Å². The zero-order valence-corrected chi connectivity index (χ0v) is 17.8. The first-order valence-electron chi connectivity index (χ1n) is 8.55. The second kappa shape index (κ2) is 7.10. The van der Waals surface area contributed by atoms with Gasteiger partial charge in [0.15, 0.2) is 0 Å². The number of hydrogen-bond acceptors (Lipinski definition) is 0. The molecule has 0 atom stereocenters. The standard InChI is InChI=1S/C23H21F2I/c1-12-13(2)15(4)21(16(5)14(12)3)17-8-6-9-18(23(17)26)22-19(24)10-7-11-20(22)25/h6-11H,1-5H3. The third-order valence-corrected chi connectivity index (χ3v) is 6.66. The first-order valence-corrected chi connectivity index (χ1v) is 9.63. The number of halogens is 3. The first kappa shape index (κ1) is 19.0. The molecule has 0 aromatic heterocycles. The van der Waals surface area contributed by atoms with Crippen molar-refractivity contribution in [3.05, 3.63) is 79.4 Å². The van der Waals surface area contributed by atoms with E-state index >= 15 is 0 Å². The van der Waals surface area contributed by atoms with Crippen molar-refractivity contribution < 1.29 is 8.78 Å². The van der Waals surface area contributed by atoms with Gasteiger partial charge in [0.2, 0.25) is 0 Å². The number of benzene rings is 3. The summed E-state index contributed by atoms with van der Waals surface area (Å²) >= 11 is 2.21. The minimum absolute atomic E-state index is 0.0367. The summed E-state index contributed by atoms with van der Waals surface area (Å²) in [5, 5.41) is 0. The van der Waals surface area contributed by atoms with Gasteiger partial charge in [-0.25, -0.2) is 8.78 Å². The summed E-state index contributed by atoms with van der Waals surface area (Å²) < 4.78 is 29.6. The monoisotopic (exact) mass is 462 g/mol. The van der Waals surface area contributed by atoms with Crippen LogP contribution in [0.3, 0.4) is 0 Å². The van der Waals surface area contributed by atoms with Gasteiger partial charge in [0.1, 0.15) is 11.6 Å². The quantitative estimate of drug-likeness (QED) is 0.347. The van der Waals surface area contributed by atoms with Crippen LogP contribution in [-0.4, -0.2) is 0 Å². The van der Waals surface area contributed by atoms with Crippen LogP contribution in [-0.2, 0) is 0 Å². The molecule has 0 aliphatic heterocycles. The number of hydrogen-bond donors (Lipinski definition) is 0. The second-order valence-corrected chi connectivity index (χ2v) is 7.84. The topological polar surface area (TPSA) is 0 Å². The summed E-state index contributed by atoms with van der Waals surface area (Å²) in [4.78, 5) is 0. The summed E-state index contributed by atoms with van der Waals surface area (Å²) in [7, 11) is 0. The molecule has 0 unspecified atom stereocenters. The molecule has 134 valence electrons. The molecule has 0 fully saturated rings. The molecule has 0 nitrogen and oxygen atoms in total. The Bertz CT molecular complexity index is 970. The van der Waals surface area contributed by atoms with E-state index in [0.717, 1.165) is 14.7 Å². The van der Waals surface area contributed by atoms with Crippen LogP contribution in [0.25, 0.3) is 22.3 Å². The SMILES string of the molecule is Cc1c(C)c(C)c(-c2cccc(-c3c(F)cccc3F)c2I)c(C)c1C. The molecule has 0 heterocycles. The van der Waals surface area contributed by atoms with Crippen LogP contribution in [0, 0.1) is 49.8 Å². The smallest absolute Gasteiger partial charge is 0.134 e. The highest BCUT2D eigenvalue weighted by molar-refractivity contribution is 14.1. The zero-order chi connectivity index (χ0) is 19.2. The van der Waals surface area contributed by atoms with Gasteiger partial charge < -0.3 is 0 Å². The van der Waals surface area contributed by atoms with E-state index in [2.05, 4.69) is 57.2 Å². The summed E-state index contributed by atoms with van der Waals surface area (Å²) in [5.74, 6) is -1.07. The van der Waals surface area contributed by atoms with Crippen LogP contribution in [0.1, 0.15) is 27.8 Å². The van der Waals surface area contributed by atoms with Gasteiger partial charge in [0, 0.05) is 9.13 Å². The van der Waals surface area contributed by atoms with Gasteiger partial charge in [-0.05, 0) is 108 Å². The van der Waals surface area contributed by atoms with Crippen LogP contribution in [0.15, 0.2) is 36.4 Å². The van der Waals surface area contributed by atoms with Crippen molar-refractivity contribution >= 4 is 22.6 Å². The van der Waals surface area contributed by atoms with Gasteiger partial charge in [0.05, 0.1) is 5.56 Å². The van der Waals surface area contributed by atoms with E-state index in [4.69, 9.17) is 0 Å². The molecule has 3 heteroatoms. The molecular formula is C23H21F2I. The number of rotatable bonds is 2. The van der Waals surface area contributed by atoms with Crippen molar-refractivity contribution in [3.63, 3.8) is 0 Å². The second-order valence-electron chi connectivity index (χ2n) is 6.76. The molecule has 0 aliphatic carbocycles. The van der Waals surface area contributed by atoms with E-state index in [9.17, 15) is 8.78 Å². The van der Waals surface area contributed by atoms with Crippen LogP contribution in [0.4, 0.5) is 8.78 Å². The maximum Gasteiger partial charge on any atom is 0.134 e. The van der Waals surface area contributed by atoms with Gasteiger partial charge >= 0.3 is 0 Å². The molecule has 3 rings (SSSR count). The van der Waals surface area contributed by atoms with E-state index < -0.39 is 11.6 Å². The lowest BCUT2D eigenvalue weighted by molar-refractivity contribution is 0.589. The minimum Gasteiger partial charge on any atom is -0.206 e. The Morgan fingerprint density at radius 3 is 1.46 bits per heavy atom. The molecular weight excluding hydrogens is 441 g/mol. The molecule has 0 spiro atoms. The lowest BCUT2D eigenvalue weighted by atomic mass is 9.85. The highest BCUT2D eigenvalue weighted by Crippen LogP contribution is 2.40. The predicted molar refractivity (Wildman–Crippen MR) is 114 cm³/mol. The molecule has 0 saturated carbocycles. The van der Waals surface area contributed by atoms with Crippen LogP contribution < -0.4 is 0 Å². The van der Waals surface area contributed by atoms with Gasteiger partial charge in [0.25, 0.3) is 0 Å². The van der Waals surface area contributed by atoms with Crippen LogP contribution in [0.2, 0.25) is 0 Å². The third kappa shape index (κ3) is 2.96. The van der Waals surface area contributed by atoms with Crippen molar-refractivity contribution in [1.82, 2.24) is 0 Å². The van der Waals surface area contributed by atoms with Gasteiger partial charge in [-0.3, -0.25) is 0 Å². The Balaban J connectivity index is 2.35. The Morgan fingerprint density at radius 2 is 0.962 bits per heavy atom. The summed E-state index contributed by atoms with van der Waals surface area (Å²) in [6.45, 7) is 10.7. The Morgan fingerprint density at radius 1 is 0.577 bits per heavy atom. The lowest BCUT2D eigenvalue weighted by Crippen LogP contribution is -2.01. The average Bonchev–Trinajstić information content (AvgIpc) is 2.61. The molecule has 0 saturated heterocycles. The Hall–Kier alpha value is -1.75. The van der Waals surface area contributed by atoms with E-state index in [1.54, 1.807) is 6.07 Å². The molecule has 0 aliphatic rings. The van der Waals surface area contributed by atoms with E-state index in [0.29, 0.717) is 5.56 Å². The van der Waals surface area contributed by atoms with E-state index in [1.807, 2.05) is 12.1 Å². The Kier molecular flexibility index (Phi) is 5.20. The zero-order valence-electron chi connectivity index (χ0n) is 15.6. The fourth-order valence-corrected chi connectivity index (χ4v) is 4.48. The lowest BCUT2D eigenvalue weighted by Gasteiger charge is -2.21. The summed E-state index contributed by atoms with van der Waals surface area (Å²) in [5.41, 5.74) is 9.07. The molecule has 3 aromatic carbocycles. The van der Waals surface area contributed by atoms with Crippen molar-refractivity contribution in [2.45, 2.75) is 34.6 Å². The fourth-order valence-electron chi connectivity index (χ4n) is 3.58. The molecule has 0 amide bonds. The Labute approximate surface area is 167 Å². The molecule has 0 N–H and O–H groups in total. The average molecular weight is 462 g/mol. The molecule has 0 radical (unpaired) electrons. The molecule has 26 heavy (non-hydrogen) atoms. The maximum atomic E-state index is 14.3. The maximum absolute atomic E-state index is 14.3. The fraction of sp³-hybridized carbons (Fsp3) is 0.217. The van der Waals surface area contributed by atoms with Crippen LogP contribution >= 0.6 is 22.6 Å². The van der Waals surface area contributed by atoms with Gasteiger partial charge in [-0.15, -0.1) is 0 Å². The summed E-state index contributed by atoms with van der Waals surface area (Å²) in [6, 6.07) is 9.70. The first-order chi connectivity index (χ1) is 12.3. The normalized spacial score (nSPS) is 11.1. The van der Waals surface area contributed by atoms with Crippen LogP contribution in [0.5, 0.6) is 0 Å². The van der Waals surface area contributed by atoms with Gasteiger partial charge in [-0.2, -0.15) is 0 Å². The minimum atomic E-state index is -0.537. The highest BCUT2D eigenvalue weighted by Gasteiger charge is 2.20. The van der Waals surface area contributed by atoms with Crippen molar-refractivity contribution in [3.8, 4) is 22.3 Å². The third-order valence-electron chi connectivity index (χ3n) is 5.50. The van der Waals surface area contributed by atoms with Crippen molar-refractivity contribution in [2.24, 2.45) is 0 Å². The highest BCUT2D eigenvalue weighted by atomic mass is 127. The predicted octanol–water partition coefficient (Wildman–Crippen LogP) is 7.45. The van der Waals surface area contributed by atoms with E-state index in [1.165, 1.54) is 46.0 Å². The van der Waals surface area contributed by atoms with Gasteiger partial charge in [-0.1, -0.05) is 24.3 Å².